The summed E-state index contributed by atoms with van der Waals surface area (Å²) in [7, 11) is 0. The highest BCUT2D eigenvalue weighted by Crippen LogP contribution is 2.36. The first-order chi connectivity index (χ1) is 9.70. The number of hydrogen-bond acceptors (Lipinski definition) is 4. The fourth-order valence-electron chi connectivity index (χ4n) is 2.61. The Bertz CT molecular complexity index is 679. The molecule has 0 fully saturated rings. The molecular formula is C14H16BrN3OS. The molecule has 1 unspecified atom stereocenters. The summed E-state index contributed by atoms with van der Waals surface area (Å²) >= 11 is 5.22. The molecule has 106 valence electrons. The molecule has 0 aliphatic heterocycles. The number of fused-ring (bicyclic) bond motifs is 1. The van der Waals surface area contributed by atoms with Crippen LogP contribution in [-0.2, 0) is 13.0 Å². The van der Waals surface area contributed by atoms with Crippen LogP contribution in [0, 0.1) is 0 Å². The van der Waals surface area contributed by atoms with Crippen molar-refractivity contribution in [2.75, 3.05) is 5.32 Å². The van der Waals surface area contributed by atoms with Crippen LogP contribution in [0.5, 0.6) is 0 Å². The van der Waals surface area contributed by atoms with E-state index in [0.717, 1.165) is 12.1 Å². The lowest BCUT2D eigenvalue weighted by atomic mass is 9.94. The number of halogens is 1. The van der Waals surface area contributed by atoms with Gasteiger partial charge in [0.1, 0.15) is 4.47 Å². The Hall–Kier alpha value is -1.14. The van der Waals surface area contributed by atoms with Gasteiger partial charge in [-0.15, -0.1) is 11.3 Å². The molecule has 0 aromatic carbocycles. The standard InChI is InChI=1S/C14H16BrN3OS/c1-2-18-14(19)13(15)11(8-16-18)17-10-4-3-5-12-9(10)6-7-20-12/h6-8,10,17H,2-5H2,1H3. The van der Waals surface area contributed by atoms with E-state index >= 15 is 0 Å². The van der Waals surface area contributed by atoms with Crippen LogP contribution in [-0.4, -0.2) is 9.78 Å². The van der Waals surface area contributed by atoms with E-state index in [1.807, 2.05) is 18.3 Å². The Kier molecular flexibility index (Phi) is 3.94. The lowest BCUT2D eigenvalue weighted by Gasteiger charge is -2.25. The Labute approximate surface area is 130 Å². The highest BCUT2D eigenvalue weighted by molar-refractivity contribution is 9.10. The van der Waals surface area contributed by atoms with Crippen LogP contribution < -0.4 is 10.9 Å². The van der Waals surface area contributed by atoms with E-state index < -0.39 is 0 Å². The molecule has 1 N–H and O–H groups in total. The number of rotatable bonds is 3. The van der Waals surface area contributed by atoms with E-state index in [1.165, 1.54) is 28.0 Å². The van der Waals surface area contributed by atoms with Gasteiger partial charge < -0.3 is 5.32 Å². The van der Waals surface area contributed by atoms with Crippen LogP contribution >= 0.6 is 27.3 Å². The highest BCUT2D eigenvalue weighted by atomic mass is 79.9. The van der Waals surface area contributed by atoms with Crippen molar-refractivity contribution in [2.24, 2.45) is 0 Å². The Balaban J connectivity index is 1.90. The Morgan fingerprint density at radius 1 is 1.60 bits per heavy atom. The minimum Gasteiger partial charge on any atom is -0.376 e. The largest absolute Gasteiger partial charge is 0.376 e. The Morgan fingerprint density at radius 3 is 3.25 bits per heavy atom. The van der Waals surface area contributed by atoms with Crippen LogP contribution in [0.4, 0.5) is 5.69 Å². The van der Waals surface area contributed by atoms with Gasteiger partial charge in [-0.2, -0.15) is 5.10 Å². The highest BCUT2D eigenvalue weighted by Gasteiger charge is 2.22. The predicted octanol–water partition coefficient (Wildman–Crippen LogP) is 3.58. The van der Waals surface area contributed by atoms with Crippen LogP contribution in [0.25, 0.3) is 0 Å². The van der Waals surface area contributed by atoms with Crippen LogP contribution in [0.15, 0.2) is 26.9 Å². The van der Waals surface area contributed by atoms with Crippen molar-refractivity contribution in [1.82, 2.24) is 9.78 Å². The fourth-order valence-corrected chi connectivity index (χ4v) is 4.02. The van der Waals surface area contributed by atoms with Crippen molar-refractivity contribution in [3.05, 3.63) is 42.9 Å². The van der Waals surface area contributed by atoms with Crippen LogP contribution in [0.2, 0.25) is 0 Å². The third-order valence-corrected chi connectivity index (χ3v) is 5.43. The zero-order valence-electron chi connectivity index (χ0n) is 11.2. The number of thiophene rings is 1. The molecule has 6 heteroatoms. The minimum atomic E-state index is -0.0844. The molecule has 0 saturated carbocycles. The average molecular weight is 354 g/mol. The van der Waals surface area contributed by atoms with E-state index in [4.69, 9.17) is 0 Å². The van der Waals surface area contributed by atoms with Gasteiger partial charge in [-0.1, -0.05) is 0 Å². The van der Waals surface area contributed by atoms with Gasteiger partial charge in [-0.25, -0.2) is 4.68 Å². The smallest absolute Gasteiger partial charge is 0.283 e. The number of anilines is 1. The summed E-state index contributed by atoms with van der Waals surface area (Å²) in [4.78, 5) is 13.5. The lowest BCUT2D eigenvalue weighted by Crippen LogP contribution is -2.25. The lowest BCUT2D eigenvalue weighted by molar-refractivity contribution is 0.596. The summed E-state index contributed by atoms with van der Waals surface area (Å²) in [5, 5.41) is 9.79. The molecule has 1 aliphatic carbocycles. The van der Waals surface area contributed by atoms with Gasteiger partial charge in [-0.3, -0.25) is 4.79 Å². The molecule has 2 heterocycles. The number of nitrogens with zero attached hydrogens (tertiary/aromatic N) is 2. The minimum absolute atomic E-state index is 0.0844. The van der Waals surface area contributed by atoms with Gasteiger partial charge in [0.15, 0.2) is 0 Å². The molecule has 2 aromatic rings. The molecule has 0 spiro atoms. The predicted molar refractivity (Wildman–Crippen MR) is 85.5 cm³/mol. The molecule has 3 rings (SSSR count). The topological polar surface area (TPSA) is 46.9 Å². The third-order valence-electron chi connectivity index (χ3n) is 3.67. The average Bonchev–Trinajstić information content (AvgIpc) is 2.93. The summed E-state index contributed by atoms with van der Waals surface area (Å²) in [5.41, 5.74) is 2.07. The summed E-state index contributed by atoms with van der Waals surface area (Å²) < 4.78 is 2.02. The van der Waals surface area contributed by atoms with Gasteiger partial charge >= 0.3 is 0 Å². The molecule has 4 nitrogen and oxygen atoms in total. The molecule has 0 saturated heterocycles. The first kappa shape index (κ1) is 13.8. The molecule has 1 aliphatic rings. The molecule has 2 aromatic heterocycles. The molecule has 0 amide bonds. The summed E-state index contributed by atoms with van der Waals surface area (Å²) in [5.74, 6) is 0. The second-order valence-electron chi connectivity index (χ2n) is 4.88. The number of aryl methyl sites for hydroxylation is 2. The van der Waals surface area contributed by atoms with Crippen molar-refractivity contribution >= 4 is 33.0 Å². The Morgan fingerprint density at radius 2 is 2.45 bits per heavy atom. The second-order valence-corrected chi connectivity index (χ2v) is 6.68. The molecule has 0 bridgehead atoms. The zero-order chi connectivity index (χ0) is 14.1. The van der Waals surface area contributed by atoms with E-state index in [1.54, 1.807) is 6.20 Å². The third kappa shape index (κ3) is 2.42. The first-order valence-corrected chi connectivity index (χ1v) is 8.46. The van der Waals surface area contributed by atoms with Gasteiger partial charge in [-0.05, 0) is 59.1 Å². The number of nitrogens with one attached hydrogen (secondary N) is 1. The van der Waals surface area contributed by atoms with Crippen LogP contribution in [0.1, 0.15) is 36.2 Å². The number of aromatic nitrogens is 2. The summed E-state index contributed by atoms with van der Waals surface area (Å²) in [6.07, 6.45) is 5.17. The second kappa shape index (κ2) is 5.69. The maximum absolute atomic E-state index is 12.1. The van der Waals surface area contributed by atoms with Crippen molar-refractivity contribution in [2.45, 2.75) is 38.8 Å². The van der Waals surface area contributed by atoms with E-state index in [9.17, 15) is 4.79 Å². The quantitative estimate of drug-likeness (QED) is 0.917. The monoisotopic (exact) mass is 353 g/mol. The number of hydrogen-bond donors (Lipinski definition) is 1. The van der Waals surface area contributed by atoms with Gasteiger partial charge in [0.05, 0.1) is 17.9 Å². The SMILES string of the molecule is CCn1ncc(NC2CCCc3sccc32)c(Br)c1=O. The molecular weight excluding hydrogens is 338 g/mol. The van der Waals surface area contributed by atoms with E-state index in [-0.39, 0.29) is 11.6 Å². The van der Waals surface area contributed by atoms with Crippen molar-refractivity contribution in [1.29, 1.82) is 0 Å². The zero-order valence-corrected chi connectivity index (χ0v) is 13.6. The maximum Gasteiger partial charge on any atom is 0.283 e. The molecule has 20 heavy (non-hydrogen) atoms. The van der Waals surface area contributed by atoms with Gasteiger partial charge in [0.25, 0.3) is 5.56 Å². The van der Waals surface area contributed by atoms with Gasteiger partial charge in [0.2, 0.25) is 0 Å². The van der Waals surface area contributed by atoms with Crippen molar-refractivity contribution in [3.63, 3.8) is 0 Å². The van der Waals surface area contributed by atoms with Crippen molar-refractivity contribution in [3.8, 4) is 0 Å². The van der Waals surface area contributed by atoms with E-state index in [2.05, 4.69) is 37.8 Å². The summed E-state index contributed by atoms with van der Waals surface area (Å²) in [6, 6.07) is 2.46. The fraction of sp³-hybridized carbons (Fsp3) is 0.429. The normalized spacial score (nSPS) is 17.8. The van der Waals surface area contributed by atoms with Crippen LogP contribution in [0.3, 0.4) is 0 Å². The van der Waals surface area contributed by atoms with Crippen molar-refractivity contribution < 1.29 is 0 Å². The maximum atomic E-state index is 12.1. The molecule has 1 atom stereocenters. The van der Waals surface area contributed by atoms with E-state index in [0.29, 0.717) is 11.0 Å². The first-order valence-electron chi connectivity index (χ1n) is 6.79. The van der Waals surface area contributed by atoms with Gasteiger partial charge in [0, 0.05) is 11.4 Å². The summed E-state index contributed by atoms with van der Waals surface area (Å²) in [6.45, 7) is 2.49. The molecule has 0 radical (unpaired) electrons.